The van der Waals surface area contributed by atoms with Crippen LogP contribution in [0.5, 0.6) is 11.5 Å². The highest BCUT2D eigenvalue weighted by Crippen LogP contribution is 2.25. The van der Waals surface area contributed by atoms with Crippen molar-refractivity contribution in [2.45, 2.75) is 13.8 Å². The molecule has 1 aromatic carbocycles. The second-order valence-corrected chi connectivity index (χ2v) is 5.07. The van der Waals surface area contributed by atoms with Gasteiger partial charge in [0.2, 0.25) is 0 Å². The summed E-state index contributed by atoms with van der Waals surface area (Å²) in [6.45, 7) is 3.95. The van der Waals surface area contributed by atoms with Gasteiger partial charge < -0.3 is 14.0 Å². The number of benzene rings is 1. The Bertz CT molecular complexity index is 776. The Balaban J connectivity index is 2.52. The Kier molecular flexibility index (Phi) is 4.65. The van der Waals surface area contributed by atoms with Gasteiger partial charge in [-0.25, -0.2) is 0 Å². The molecule has 5 nitrogen and oxygen atoms in total. The first-order valence-corrected chi connectivity index (χ1v) is 6.91. The summed E-state index contributed by atoms with van der Waals surface area (Å²) in [7, 11) is 4.96. The lowest BCUT2D eigenvalue weighted by atomic mass is 10.2. The summed E-state index contributed by atoms with van der Waals surface area (Å²) in [6, 6.07) is 8.96. The third-order valence-corrected chi connectivity index (χ3v) is 3.52. The molecule has 1 aromatic heterocycles. The fraction of sp³-hybridized carbons (Fsp3) is 0.294. The summed E-state index contributed by atoms with van der Waals surface area (Å²) in [4.78, 5) is 16.7. The van der Waals surface area contributed by atoms with Crippen molar-refractivity contribution >= 4 is 5.91 Å². The van der Waals surface area contributed by atoms with E-state index in [4.69, 9.17) is 9.47 Å². The predicted octanol–water partition coefficient (Wildman–Crippen LogP) is 2.40. The molecule has 0 aliphatic rings. The molecule has 0 saturated heterocycles. The van der Waals surface area contributed by atoms with Crippen LogP contribution in [0, 0.1) is 13.8 Å². The van der Waals surface area contributed by atoms with E-state index in [2.05, 4.69) is 4.99 Å². The maximum absolute atomic E-state index is 12.5. The van der Waals surface area contributed by atoms with Crippen LogP contribution in [0.2, 0.25) is 0 Å². The van der Waals surface area contributed by atoms with E-state index >= 15 is 0 Å². The van der Waals surface area contributed by atoms with Gasteiger partial charge in [0.25, 0.3) is 5.91 Å². The second kappa shape index (κ2) is 6.47. The lowest BCUT2D eigenvalue weighted by molar-refractivity contribution is 0.0994. The lowest BCUT2D eigenvalue weighted by Crippen LogP contribution is -2.22. The van der Waals surface area contributed by atoms with Crippen LogP contribution >= 0.6 is 0 Å². The van der Waals surface area contributed by atoms with Crippen molar-refractivity contribution in [3.05, 3.63) is 52.6 Å². The van der Waals surface area contributed by atoms with Crippen LogP contribution in [0.25, 0.3) is 0 Å². The fourth-order valence-electron chi connectivity index (χ4n) is 2.20. The number of aromatic nitrogens is 1. The molecule has 5 heteroatoms. The van der Waals surface area contributed by atoms with Crippen LogP contribution in [0.15, 0.2) is 35.3 Å². The first-order chi connectivity index (χ1) is 10.5. The molecule has 22 heavy (non-hydrogen) atoms. The summed E-state index contributed by atoms with van der Waals surface area (Å²) >= 11 is 0. The van der Waals surface area contributed by atoms with Crippen LogP contribution in [0.1, 0.15) is 21.6 Å². The Morgan fingerprint density at radius 3 is 2.45 bits per heavy atom. The highest BCUT2D eigenvalue weighted by molar-refractivity contribution is 5.97. The number of nitrogens with zero attached hydrogens (tertiary/aromatic N) is 2. The molecule has 0 bridgehead atoms. The average Bonchev–Trinajstić information content (AvgIpc) is 2.51. The number of amides is 1. The van der Waals surface area contributed by atoms with Crippen molar-refractivity contribution in [2.75, 3.05) is 14.2 Å². The van der Waals surface area contributed by atoms with Crippen LogP contribution in [0.3, 0.4) is 0 Å². The molecule has 116 valence electrons. The molecule has 0 aliphatic heterocycles. The van der Waals surface area contributed by atoms with E-state index in [0.717, 1.165) is 11.3 Å². The molecule has 0 fully saturated rings. The number of carbonyl (C=O) groups is 1. The highest BCUT2D eigenvalue weighted by atomic mass is 16.5. The standard InChI is InChI=1S/C17H20N2O3/c1-11-8-12(2)19(3)16(9-11)18-17(20)14-7-6-13(21-4)10-15(14)22-5/h6-10H,1-5H3. The molecule has 2 rings (SSSR count). The maximum atomic E-state index is 12.5. The van der Waals surface area contributed by atoms with Crippen molar-refractivity contribution in [3.8, 4) is 11.5 Å². The quantitative estimate of drug-likeness (QED) is 0.874. The molecule has 1 amide bonds. The van der Waals surface area contributed by atoms with Gasteiger partial charge in [0.1, 0.15) is 17.0 Å². The first kappa shape index (κ1) is 15.8. The first-order valence-electron chi connectivity index (χ1n) is 6.91. The SMILES string of the molecule is COc1ccc(C(=O)N=c2cc(C)cc(C)n2C)c(OC)c1. The number of rotatable bonds is 3. The number of aryl methyl sites for hydroxylation is 2. The molecule has 0 radical (unpaired) electrons. The summed E-state index contributed by atoms with van der Waals surface area (Å²) in [5.74, 6) is 0.727. The van der Waals surface area contributed by atoms with Gasteiger partial charge in [0, 0.05) is 18.8 Å². The Labute approximate surface area is 129 Å². The van der Waals surface area contributed by atoms with Gasteiger partial charge in [0.05, 0.1) is 19.8 Å². The van der Waals surface area contributed by atoms with Crippen LogP contribution in [-0.2, 0) is 7.05 Å². The third kappa shape index (κ3) is 3.19. The van der Waals surface area contributed by atoms with Gasteiger partial charge >= 0.3 is 0 Å². The molecule has 1 heterocycles. The Morgan fingerprint density at radius 1 is 1.09 bits per heavy atom. The molecule has 2 aromatic rings. The van der Waals surface area contributed by atoms with E-state index in [1.54, 1.807) is 25.3 Å². The van der Waals surface area contributed by atoms with E-state index in [-0.39, 0.29) is 5.91 Å². The molecule has 0 aliphatic carbocycles. The minimum absolute atomic E-state index is 0.347. The number of hydrogen-bond acceptors (Lipinski definition) is 3. The second-order valence-electron chi connectivity index (χ2n) is 5.07. The zero-order valence-electron chi connectivity index (χ0n) is 13.5. The summed E-state index contributed by atoms with van der Waals surface area (Å²) in [6.07, 6.45) is 0. The van der Waals surface area contributed by atoms with Crippen LogP contribution in [-0.4, -0.2) is 24.7 Å². The van der Waals surface area contributed by atoms with Crippen LogP contribution in [0.4, 0.5) is 0 Å². The Hall–Kier alpha value is -2.56. The minimum atomic E-state index is -0.347. The largest absolute Gasteiger partial charge is 0.497 e. The summed E-state index contributed by atoms with van der Waals surface area (Å²) < 4.78 is 12.3. The van der Waals surface area contributed by atoms with Gasteiger partial charge in [0.15, 0.2) is 0 Å². The molecule has 0 N–H and O–H groups in total. The van der Waals surface area contributed by atoms with Crippen LogP contribution < -0.4 is 15.0 Å². The molecule has 0 saturated carbocycles. The van der Waals surface area contributed by atoms with Crippen molar-refractivity contribution in [1.82, 2.24) is 4.57 Å². The summed E-state index contributed by atoms with van der Waals surface area (Å²) in [5.41, 5.74) is 3.11. The lowest BCUT2D eigenvalue weighted by Gasteiger charge is -2.09. The number of methoxy groups -OCH3 is 2. The number of pyridine rings is 1. The van der Waals surface area contributed by atoms with Gasteiger partial charge in [-0.15, -0.1) is 0 Å². The van der Waals surface area contributed by atoms with Crippen molar-refractivity contribution in [3.63, 3.8) is 0 Å². The van der Waals surface area contributed by atoms with Gasteiger partial charge in [-0.05, 0) is 43.7 Å². The predicted molar refractivity (Wildman–Crippen MR) is 84.3 cm³/mol. The number of hydrogen-bond donors (Lipinski definition) is 0. The average molecular weight is 300 g/mol. The van der Waals surface area contributed by atoms with E-state index < -0.39 is 0 Å². The number of ether oxygens (including phenoxy) is 2. The molecular formula is C17H20N2O3. The van der Waals surface area contributed by atoms with Gasteiger partial charge in [-0.2, -0.15) is 4.99 Å². The highest BCUT2D eigenvalue weighted by Gasteiger charge is 2.12. The molecule has 0 spiro atoms. The van der Waals surface area contributed by atoms with E-state index in [1.807, 2.05) is 37.6 Å². The van der Waals surface area contributed by atoms with Crippen molar-refractivity contribution in [2.24, 2.45) is 12.0 Å². The van der Waals surface area contributed by atoms with E-state index in [9.17, 15) is 4.79 Å². The summed E-state index contributed by atoms with van der Waals surface area (Å²) in [5, 5.41) is 0. The molecule has 0 atom stereocenters. The monoisotopic (exact) mass is 300 g/mol. The zero-order valence-corrected chi connectivity index (χ0v) is 13.5. The third-order valence-electron chi connectivity index (χ3n) is 3.52. The maximum Gasteiger partial charge on any atom is 0.282 e. The molecular weight excluding hydrogens is 280 g/mol. The van der Waals surface area contributed by atoms with Gasteiger partial charge in [-0.3, -0.25) is 4.79 Å². The van der Waals surface area contributed by atoms with E-state index in [1.165, 1.54) is 7.11 Å². The zero-order chi connectivity index (χ0) is 16.3. The molecule has 0 unspecified atom stereocenters. The minimum Gasteiger partial charge on any atom is -0.497 e. The van der Waals surface area contributed by atoms with Crippen molar-refractivity contribution < 1.29 is 14.3 Å². The van der Waals surface area contributed by atoms with Gasteiger partial charge in [-0.1, -0.05) is 0 Å². The number of carbonyl (C=O) groups excluding carboxylic acids is 1. The normalized spacial score (nSPS) is 11.4. The van der Waals surface area contributed by atoms with E-state index in [0.29, 0.717) is 22.6 Å². The topological polar surface area (TPSA) is 52.8 Å². The smallest absolute Gasteiger partial charge is 0.282 e. The Morgan fingerprint density at radius 2 is 1.82 bits per heavy atom. The van der Waals surface area contributed by atoms with Crippen molar-refractivity contribution in [1.29, 1.82) is 0 Å². The fourth-order valence-corrected chi connectivity index (χ4v) is 2.20.